The summed E-state index contributed by atoms with van der Waals surface area (Å²) in [5.74, 6) is 3.90. The van der Waals surface area contributed by atoms with Gasteiger partial charge in [0.1, 0.15) is 23.0 Å². The van der Waals surface area contributed by atoms with Crippen molar-refractivity contribution < 1.29 is 13.6 Å². The average molecular weight is 289 g/mol. The lowest BCUT2D eigenvalue weighted by atomic mass is 10.2. The first kappa shape index (κ1) is 14.4. The minimum atomic E-state index is 0.331. The molecule has 0 unspecified atom stereocenters. The lowest BCUT2D eigenvalue weighted by Gasteiger charge is -2.23. The van der Waals surface area contributed by atoms with Crippen molar-refractivity contribution >= 4 is 0 Å². The van der Waals surface area contributed by atoms with Gasteiger partial charge >= 0.3 is 0 Å². The topological polar surface area (TPSA) is 38.8 Å². The summed E-state index contributed by atoms with van der Waals surface area (Å²) in [5.41, 5.74) is 0. The van der Waals surface area contributed by atoms with Gasteiger partial charge in [-0.1, -0.05) is 0 Å². The van der Waals surface area contributed by atoms with Gasteiger partial charge in [-0.3, -0.25) is 4.90 Å². The molecule has 0 N–H and O–H groups in total. The molecule has 1 aliphatic heterocycles. The van der Waals surface area contributed by atoms with E-state index in [0.29, 0.717) is 6.10 Å². The minimum Gasteiger partial charge on any atom is -0.465 e. The Morgan fingerprint density at radius 3 is 2.05 bits per heavy atom. The number of nitrogens with zero attached hydrogens (tertiary/aromatic N) is 1. The van der Waals surface area contributed by atoms with Crippen LogP contribution in [-0.4, -0.2) is 24.2 Å². The number of aryl methyl sites for hydroxylation is 2. The third-order valence-corrected chi connectivity index (χ3v) is 3.84. The summed E-state index contributed by atoms with van der Waals surface area (Å²) >= 11 is 0. The van der Waals surface area contributed by atoms with Crippen LogP contribution >= 0.6 is 0 Å². The second kappa shape index (κ2) is 6.50. The standard InChI is InChI=1S/C17H23NO3/c1-13-5-7-16(20-13)11-18(10-15-4-3-9-19-15)12-17-8-6-14(2)21-17/h5-8,15H,3-4,9-12H2,1-2H3/t15-/m1/s1. The number of hydrogen-bond donors (Lipinski definition) is 0. The predicted octanol–water partition coefficient (Wildman–Crippen LogP) is 3.67. The highest BCUT2D eigenvalue weighted by Gasteiger charge is 2.21. The van der Waals surface area contributed by atoms with Gasteiger partial charge in [0.15, 0.2) is 0 Å². The highest BCUT2D eigenvalue weighted by molar-refractivity contribution is 5.08. The molecule has 1 saturated heterocycles. The van der Waals surface area contributed by atoms with E-state index in [9.17, 15) is 0 Å². The van der Waals surface area contributed by atoms with Crippen LogP contribution in [0.5, 0.6) is 0 Å². The molecule has 0 bridgehead atoms. The zero-order valence-corrected chi connectivity index (χ0v) is 12.8. The minimum absolute atomic E-state index is 0.331. The molecule has 1 aliphatic rings. The molecular formula is C17H23NO3. The summed E-state index contributed by atoms with van der Waals surface area (Å²) in [6, 6.07) is 8.11. The Bertz CT molecular complexity index is 524. The number of furan rings is 2. The zero-order chi connectivity index (χ0) is 14.7. The van der Waals surface area contributed by atoms with E-state index in [1.165, 1.54) is 0 Å². The molecule has 0 spiro atoms. The molecule has 3 rings (SSSR count). The molecule has 0 radical (unpaired) electrons. The van der Waals surface area contributed by atoms with E-state index >= 15 is 0 Å². The van der Waals surface area contributed by atoms with Crippen LogP contribution in [0.25, 0.3) is 0 Å². The van der Waals surface area contributed by atoms with Crippen molar-refractivity contribution in [3.05, 3.63) is 47.3 Å². The van der Waals surface area contributed by atoms with Gasteiger partial charge in [-0.25, -0.2) is 0 Å². The summed E-state index contributed by atoms with van der Waals surface area (Å²) in [5, 5.41) is 0. The van der Waals surface area contributed by atoms with Gasteiger partial charge in [-0.05, 0) is 51.0 Å². The molecule has 2 aromatic rings. The largest absolute Gasteiger partial charge is 0.465 e. The molecule has 3 heterocycles. The van der Waals surface area contributed by atoms with Crippen LogP contribution in [0.2, 0.25) is 0 Å². The Kier molecular flexibility index (Phi) is 4.46. The molecule has 0 aromatic carbocycles. The van der Waals surface area contributed by atoms with Gasteiger partial charge < -0.3 is 13.6 Å². The molecule has 114 valence electrons. The van der Waals surface area contributed by atoms with Crippen LogP contribution in [0.15, 0.2) is 33.1 Å². The molecule has 1 atom stereocenters. The van der Waals surface area contributed by atoms with Crippen molar-refractivity contribution in [3.8, 4) is 0 Å². The number of ether oxygens (including phenoxy) is 1. The van der Waals surface area contributed by atoms with E-state index in [1.807, 2.05) is 38.1 Å². The molecule has 0 amide bonds. The molecule has 0 aliphatic carbocycles. The second-order valence-electron chi connectivity index (χ2n) is 5.83. The van der Waals surface area contributed by atoms with Crippen LogP contribution < -0.4 is 0 Å². The Balaban J connectivity index is 1.66. The molecule has 4 heteroatoms. The molecule has 0 saturated carbocycles. The van der Waals surface area contributed by atoms with E-state index in [2.05, 4.69) is 4.90 Å². The van der Waals surface area contributed by atoms with Gasteiger partial charge in [0.05, 0.1) is 19.2 Å². The van der Waals surface area contributed by atoms with Crippen molar-refractivity contribution in [2.75, 3.05) is 13.2 Å². The van der Waals surface area contributed by atoms with Crippen molar-refractivity contribution in [1.29, 1.82) is 0 Å². The first-order chi connectivity index (χ1) is 10.2. The summed E-state index contributed by atoms with van der Waals surface area (Å²) < 4.78 is 17.2. The summed E-state index contributed by atoms with van der Waals surface area (Å²) in [4.78, 5) is 2.34. The first-order valence-corrected chi connectivity index (χ1v) is 7.63. The SMILES string of the molecule is Cc1ccc(CN(Cc2ccc(C)o2)C[C@H]2CCCO2)o1. The van der Waals surface area contributed by atoms with Gasteiger partial charge in [-0.2, -0.15) is 0 Å². The Hall–Kier alpha value is -1.52. The first-order valence-electron chi connectivity index (χ1n) is 7.63. The lowest BCUT2D eigenvalue weighted by molar-refractivity contribution is 0.0628. The Morgan fingerprint density at radius 1 is 1.00 bits per heavy atom. The maximum absolute atomic E-state index is 5.77. The molecule has 1 fully saturated rings. The summed E-state index contributed by atoms with van der Waals surface area (Å²) in [6.07, 6.45) is 2.64. The van der Waals surface area contributed by atoms with Gasteiger partial charge in [0, 0.05) is 13.2 Å². The fourth-order valence-corrected chi connectivity index (χ4v) is 2.84. The summed E-state index contributed by atoms with van der Waals surface area (Å²) in [6.45, 7) is 7.33. The number of hydrogen-bond acceptors (Lipinski definition) is 4. The van der Waals surface area contributed by atoms with Crippen LogP contribution in [0.1, 0.15) is 35.9 Å². The third kappa shape index (κ3) is 3.99. The van der Waals surface area contributed by atoms with Crippen molar-refractivity contribution in [2.45, 2.75) is 45.9 Å². The van der Waals surface area contributed by atoms with Crippen LogP contribution in [-0.2, 0) is 17.8 Å². The Labute approximate surface area is 125 Å². The maximum atomic E-state index is 5.77. The quantitative estimate of drug-likeness (QED) is 0.813. The normalized spacial score (nSPS) is 18.7. The molecule has 21 heavy (non-hydrogen) atoms. The van der Waals surface area contributed by atoms with Gasteiger partial charge in [0.25, 0.3) is 0 Å². The monoisotopic (exact) mass is 289 g/mol. The summed E-state index contributed by atoms with van der Waals surface area (Å²) in [7, 11) is 0. The van der Waals surface area contributed by atoms with Gasteiger partial charge in [0.2, 0.25) is 0 Å². The predicted molar refractivity (Wildman–Crippen MR) is 80.0 cm³/mol. The van der Waals surface area contributed by atoms with E-state index in [4.69, 9.17) is 13.6 Å². The van der Waals surface area contributed by atoms with Crippen LogP contribution in [0.4, 0.5) is 0 Å². The molecular weight excluding hydrogens is 266 g/mol. The van der Waals surface area contributed by atoms with E-state index in [-0.39, 0.29) is 0 Å². The molecule has 4 nitrogen and oxygen atoms in total. The third-order valence-electron chi connectivity index (χ3n) is 3.84. The van der Waals surface area contributed by atoms with Crippen LogP contribution in [0.3, 0.4) is 0 Å². The van der Waals surface area contributed by atoms with Crippen molar-refractivity contribution in [3.63, 3.8) is 0 Å². The average Bonchev–Trinajstić information content (AvgIpc) is 3.15. The van der Waals surface area contributed by atoms with E-state index < -0.39 is 0 Å². The van der Waals surface area contributed by atoms with Crippen LogP contribution in [0, 0.1) is 13.8 Å². The highest BCUT2D eigenvalue weighted by atomic mass is 16.5. The molecule has 2 aromatic heterocycles. The van der Waals surface area contributed by atoms with E-state index in [0.717, 1.165) is 62.1 Å². The Morgan fingerprint density at radius 2 is 1.62 bits per heavy atom. The lowest BCUT2D eigenvalue weighted by Crippen LogP contribution is -2.31. The number of rotatable bonds is 6. The second-order valence-corrected chi connectivity index (χ2v) is 5.83. The highest BCUT2D eigenvalue weighted by Crippen LogP contribution is 2.19. The van der Waals surface area contributed by atoms with Crippen molar-refractivity contribution in [2.24, 2.45) is 0 Å². The smallest absolute Gasteiger partial charge is 0.118 e. The maximum Gasteiger partial charge on any atom is 0.118 e. The fourth-order valence-electron chi connectivity index (χ4n) is 2.84. The fraction of sp³-hybridized carbons (Fsp3) is 0.529. The zero-order valence-electron chi connectivity index (χ0n) is 12.8. The van der Waals surface area contributed by atoms with Gasteiger partial charge in [-0.15, -0.1) is 0 Å². The van der Waals surface area contributed by atoms with E-state index in [1.54, 1.807) is 0 Å². The van der Waals surface area contributed by atoms with Crippen molar-refractivity contribution in [1.82, 2.24) is 4.90 Å².